The molecule has 0 saturated heterocycles. The molecule has 0 bridgehead atoms. The number of rotatable bonds is 6. The van der Waals surface area contributed by atoms with Gasteiger partial charge in [-0.3, -0.25) is 15.1 Å². The number of pyridine rings is 1. The van der Waals surface area contributed by atoms with Crippen molar-refractivity contribution >= 4 is 17.6 Å². The highest BCUT2D eigenvalue weighted by molar-refractivity contribution is 6.10. The molecule has 1 amide bonds. The fourth-order valence-electron chi connectivity index (χ4n) is 3.12. The number of anilines is 1. The molecular weight excluding hydrogens is 416 g/mol. The molecule has 0 spiro atoms. The van der Waals surface area contributed by atoms with Crippen molar-refractivity contribution in [1.82, 2.24) is 10.3 Å². The van der Waals surface area contributed by atoms with Crippen molar-refractivity contribution in [3.05, 3.63) is 83.7 Å². The first-order valence-corrected chi connectivity index (χ1v) is 10.6. The first kappa shape index (κ1) is 23.8. The molecule has 0 aliphatic rings. The molecule has 0 aliphatic carbocycles. The summed E-state index contributed by atoms with van der Waals surface area (Å²) in [4.78, 5) is 21.6. The van der Waals surface area contributed by atoms with Crippen LogP contribution >= 0.6 is 0 Å². The summed E-state index contributed by atoms with van der Waals surface area (Å²) in [5.41, 5.74) is 3.34. The zero-order valence-electron chi connectivity index (χ0n) is 19.7. The predicted octanol–water partition coefficient (Wildman–Crippen LogP) is 4.79. The molecule has 2 N–H and O–H groups in total. The first-order chi connectivity index (χ1) is 15.8. The Kier molecular flexibility index (Phi) is 7.66. The molecule has 1 aromatic heterocycles. The lowest BCUT2D eigenvalue weighted by Gasteiger charge is -2.19. The van der Waals surface area contributed by atoms with Crippen LogP contribution in [0.3, 0.4) is 0 Å². The third kappa shape index (κ3) is 6.55. The van der Waals surface area contributed by atoms with E-state index in [1.54, 1.807) is 38.7 Å². The van der Waals surface area contributed by atoms with E-state index in [4.69, 9.17) is 9.47 Å². The summed E-state index contributed by atoms with van der Waals surface area (Å²) in [5.74, 6) is 1.24. The van der Waals surface area contributed by atoms with Crippen molar-refractivity contribution < 1.29 is 14.3 Å². The van der Waals surface area contributed by atoms with E-state index in [2.05, 4.69) is 41.4 Å². The average molecular weight is 447 g/mol. The van der Waals surface area contributed by atoms with E-state index in [9.17, 15) is 4.79 Å². The Labute approximate surface area is 194 Å². The number of guanidine groups is 1. The second-order valence-electron chi connectivity index (χ2n) is 8.50. The minimum absolute atomic E-state index is 0.0142. The van der Waals surface area contributed by atoms with Crippen LogP contribution in [0, 0.1) is 0 Å². The number of carbonyl (C=O) groups excluding carboxylic acids is 1. The lowest BCUT2D eigenvalue weighted by molar-refractivity contribution is 0.0977. The summed E-state index contributed by atoms with van der Waals surface area (Å²) in [5, 5.41) is 6.06. The quantitative estimate of drug-likeness (QED) is 0.420. The summed E-state index contributed by atoms with van der Waals surface area (Å²) < 4.78 is 10.7. The zero-order valence-corrected chi connectivity index (χ0v) is 19.7. The SMILES string of the molecule is COc1ccc(NC(=NCc2cccnc2)NC(=O)c2ccc(C(C)(C)C)cc2)cc1OC. The van der Waals surface area contributed by atoms with Crippen molar-refractivity contribution in [3.8, 4) is 11.5 Å². The average Bonchev–Trinajstić information content (AvgIpc) is 2.82. The highest BCUT2D eigenvalue weighted by Gasteiger charge is 2.15. The molecule has 0 atom stereocenters. The maximum atomic E-state index is 13.0. The third-order valence-electron chi connectivity index (χ3n) is 5.03. The summed E-state index contributed by atoms with van der Waals surface area (Å²) in [6.45, 7) is 6.77. The van der Waals surface area contributed by atoms with Crippen molar-refractivity contribution in [3.63, 3.8) is 0 Å². The molecule has 172 valence electrons. The molecule has 33 heavy (non-hydrogen) atoms. The van der Waals surface area contributed by atoms with Gasteiger partial charge in [-0.25, -0.2) is 4.99 Å². The minimum Gasteiger partial charge on any atom is -0.493 e. The largest absolute Gasteiger partial charge is 0.493 e. The van der Waals surface area contributed by atoms with E-state index >= 15 is 0 Å². The molecule has 7 heteroatoms. The summed E-state index contributed by atoms with van der Waals surface area (Å²) in [6.07, 6.45) is 3.45. The topological polar surface area (TPSA) is 84.8 Å². The van der Waals surface area contributed by atoms with Gasteiger partial charge in [-0.05, 0) is 46.9 Å². The van der Waals surface area contributed by atoms with Gasteiger partial charge in [-0.15, -0.1) is 0 Å². The molecule has 2 aromatic carbocycles. The second-order valence-corrected chi connectivity index (χ2v) is 8.50. The summed E-state index contributed by atoms with van der Waals surface area (Å²) in [7, 11) is 3.15. The van der Waals surface area contributed by atoms with Crippen molar-refractivity contribution in [2.24, 2.45) is 4.99 Å². The van der Waals surface area contributed by atoms with Crippen LogP contribution in [0.15, 0.2) is 72.0 Å². The number of nitrogens with zero attached hydrogens (tertiary/aromatic N) is 2. The van der Waals surface area contributed by atoms with Gasteiger partial charge in [-0.2, -0.15) is 0 Å². The fraction of sp³-hybridized carbons (Fsp3) is 0.269. The number of amides is 1. The Morgan fingerprint density at radius 2 is 1.73 bits per heavy atom. The number of hydrogen-bond acceptors (Lipinski definition) is 5. The van der Waals surface area contributed by atoms with Crippen LogP contribution in [0.2, 0.25) is 0 Å². The van der Waals surface area contributed by atoms with Gasteiger partial charge in [0.05, 0.1) is 20.8 Å². The van der Waals surface area contributed by atoms with E-state index in [1.807, 2.05) is 42.5 Å². The minimum atomic E-state index is -0.256. The van der Waals surface area contributed by atoms with Crippen LogP contribution in [0.25, 0.3) is 0 Å². The molecular formula is C26H30N4O3. The number of ether oxygens (including phenoxy) is 2. The van der Waals surface area contributed by atoms with Crippen LogP contribution in [0.4, 0.5) is 5.69 Å². The number of nitrogens with one attached hydrogen (secondary N) is 2. The van der Waals surface area contributed by atoms with Gasteiger partial charge < -0.3 is 14.8 Å². The van der Waals surface area contributed by atoms with E-state index in [1.165, 1.54) is 0 Å². The molecule has 1 heterocycles. The maximum Gasteiger partial charge on any atom is 0.257 e. The first-order valence-electron chi connectivity index (χ1n) is 10.6. The standard InChI is InChI=1S/C26H30N4O3/c1-26(2,3)20-10-8-19(9-11-20)24(31)30-25(28-17-18-7-6-14-27-16-18)29-21-12-13-22(32-4)23(15-21)33-5/h6-16H,17H2,1-5H3,(H2,28,29,30,31). The fourth-order valence-corrected chi connectivity index (χ4v) is 3.12. The van der Waals surface area contributed by atoms with E-state index in [0.29, 0.717) is 35.3 Å². The van der Waals surface area contributed by atoms with Crippen LogP contribution < -0.4 is 20.1 Å². The number of methoxy groups -OCH3 is 2. The van der Waals surface area contributed by atoms with Crippen molar-refractivity contribution in [1.29, 1.82) is 0 Å². The Morgan fingerprint density at radius 1 is 1.00 bits per heavy atom. The number of aliphatic imine (C=N–C) groups is 1. The number of aromatic nitrogens is 1. The third-order valence-corrected chi connectivity index (χ3v) is 5.03. The zero-order chi connectivity index (χ0) is 23.8. The van der Waals surface area contributed by atoms with Crippen LogP contribution in [0.1, 0.15) is 42.3 Å². The molecule has 7 nitrogen and oxygen atoms in total. The van der Waals surface area contributed by atoms with Gasteiger partial charge in [0.15, 0.2) is 11.5 Å². The highest BCUT2D eigenvalue weighted by Crippen LogP contribution is 2.29. The van der Waals surface area contributed by atoms with Gasteiger partial charge in [-0.1, -0.05) is 39.0 Å². The Balaban J connectivity index is 1.83. The molecule has 3 aromatic rings. The second kappa shape index (κ2) is 10.6. The molecule has 0 radical (unpaired) electrons. The normalized spacial score (nSPS) is 11.6. The lowest BCUT2D eigenvalue weighted by Crippen LogP contribution is -2.36. The number of carbonyl (C=O) groups is 1. The van der Waals surface area contributed by atoms with Crippen LogP contribution in [-0.2, 0) is 12.0 Å². The van der Waals surface area contributed by atoms with Gasteiger partial charge in [0.25, 0.3) is 5.91 Å². The van der Waals surface area contributed by atoms with E-state index in [0.717, 1.165) is 11.1 Å². The van der Waals surface area contributed by atoms with Crippen molar-refractivity contribution in [2.75, 3.05) is 19.5 Å². The monoisotopic (exact) mass is 446 g/mol. The van der Waals surface area contributed by atoms with Gasteiger partial charge in [0, 0.05) is 29.7 Å². The lowest BCUT2D eigenvalue weighted by atomic mass is 9.87. The van der Waals surface area contributed by atoms with E-state index in [-0.39, 0.29) is 11.3 Å². The van der Waals surface area contributed by atoms with Gasteiger partial charge >= 0.3 is 0 Å². The van der Waals surface area contributed by atoms with Crippen LogP contribution in [-0.4, -0.2) is 31.1 Å². The molecule has 0 unspecified atom stereocenters. The smallest absolute Gasteiger partial charge is 0.257 e. The maximum absolute atomic E-state index is 13.0. The highest BCUT2D eigenvalue weighted by atomic mass is 16.5. The predicted molar refractivity (Wildman–Crippen MR) is 131 cm³/mol. The Hall–Kier alpha value is -3.87. The molecule has 0 fully saturated rings. The number of hydrogen-bond donors (Lipinski definition) is 2. The van der Waals surface area contributed by atoms with Crippen molar-refractivity contribution in [2.45, 2.75) is 32.7 Å². The Morgan fingerprint density at radius 3 is 2.33 bits per heavy atom. The van der Waals surface area contributed by atoms with Gasteiger partial charge in [0.2, 0.25) is 5.96 Å². The van der Waals surface area contributed by atoms with Crippen LogP contribution in [0.5, 0.6) is 11.5 Å². The summed E-state index contributed by atoms with van der Waals surface area (Å²) >= 11 is 0. The Bertz CT molecular complexity index is 1100. The number of benzene rings is 2. The van der Waals surface area contributed by atoms with E-state index < -0.39 is 0 Å². The molecule has 0 aliphatic heterocycles. The molecule has 0 saturated carbocycles. The summed E-state index contributed by atoms with van der Waals surface area (Å²) in [6, 6.07) is 16.8. The molecule has 3 rings (SSSR count). The van der Waals surface area contributed by atoms with Gasteiger partial charge in [0.1, 0.15) is 0 Å².